The Kier molecular flexibility index (Phi) is 5.17. The first-order chi connectivity index (χ1) is 13.6. The molecule has 0 bridgehead atoms. The minimum Gasteiger partial charge on any atom is -0.461 e. The highest BCUT2D eigenvalue weighted by molar-refractivity contribution is 5.93. The number of nitrogens with one attached hydrogen (secondary N) is 1. The summed E-state index contributed by atoms with van der Waals surface area (Å²) in [6, 6.07) is 8.29. The highest BCUT2D eigenvalue weighted by atomic mass is 16.3. The molecule has 28 heavy (non-hydrogen) atoms. The van der Waals surface area contributed by atoms with Crippen LogP contribution < -0.4 is 5.32 Å². The molecule has 1 N–H and O–H groups in total. The summed E-state index contributed by atoms with van der Waals surface area (Å²) in [4.78, 5) is 14.8. The lowest BCUT2D eigenvalue weighted by atomic mass is 10.1. The summed E-state index contributed by atoms with van der Waals surface area (Å²) in [7, 11) is 1.81. The molecule has 1 fully saturated rings. The van der Waals surface area contributed by atoms with Gasteiger partial charge in [-0.25, -0.2) is 4.68 Å². The van der Waals surface area contributed by atoms with E-state index in [-0.39, 0.29) is 5.91 Å². The van der Waals surface area contributed by atoms with Gasteiger partial charge in [0.25, 0.3) is 5.91 Å². The van der Waals surface area contributed by atoms with E-state index in [1.807, 2.05) is 42.9 Å². The Morgan fingerprint density at radius 3 is 2.82 bits per heavy atom. The van der Waals surface area contributed by atoms with Crippen molar-refractivity contribution in [3.63, 3.8) is 0 Å². The van der Waals surface area contributed by atoms with Crippen LogP contribution in [-0.4, -0.2) is 45.9 Å². The van der Waals surface area contributed by atoms with Crippen molar-refractivity contribution in [2.24, 2.45) is 0 Å². The van der Waals surface area contributed by atoms with E-state index in [4.69, 9.17) is 4.42 Å². The van der Waals surface area contributed by atoms with Crippen LogP contribution >= 0.6 is 0 Å². The minimum atomic E-state index is -0.106. The van der Waals surface area contributed by atoms with E-state index in [1.165, 1.54) is 0 Å². The molecule has 1 aliphatic rings. The zero-order valence-corrected chi connectivity index (χ0v) is 16.7. The number of piperidine rings is 1. The van der Waals surface area contributed by atoms with Gasteiger partial charge in [-0.3, -0.25) is 4.79 Å². The normalized spacial score (nSPS) is 15.2. The van der Waals surface area contributed by atoms with Crippen molar-refractivity contribution in [3.05, 3.63) is 47.0 Å². The van der Waals surface area contributed by atoms with E-state index in [2.05, 4.69) is 22.6 Å². The smallest absolute Gasteiger partial charge is 0.276 e. The second kappa shape index (κ2) is 7.75. The summed E-state index contributed by atoms with van der Waals surface area (Å²) in [5.41, 5.74) is 3.21. The molecule has 7 heteroatoms. The van der Waals surface area contributed by atoms with Crippen molar-refractivity contribution in [2.45, 2.75) is 45.7 Å². The van der Waals surface area contributed by atoms with Gasteiger partial charge in [-0.15, -0.1) is 5.10 Å². The number of benzene rings is 1. The monoisotopic (exact) mass is 381 g/mol. The molecule has 0 spiro atoms. The first-order valence-corrected chi connectivity index (χ1v) is 9.97. The Labute approximate surface area is 164 Å². The Balaban J connectivity index is 1.57. The lowest BCUT2D eigenvalue weighted by molar-refractivity contribution is 0.0778. The molecule has 0 saturated carbocycles. The first kappa shape index (κ1) is 18.7. The number of furan rings is 1. The highest BCUT2D eigenvalue weighted by Gasteiger charge is 2.25. The minimum absolute atomic E-state index is 0.106. The molecule has 1 aromatic carbocycles. The van der Waals surface area contributed by atoms with E-state index < -0.39 is 0 Å². The van der Waals surface area contributed by atoms with E-state index in [1.54, 1.807) is 4.90 Å². The number of fused-ring (bicyclic) bond motifs is 1. The second-order valence-corrected chi connectivity index (χ2v) is 7.46. The average Bonchev–Trinajstić information content (AvgIpc) is 3.28. The van der Waals surface area contributed by atoms with Crippen molar-refractivity contribution in [2.75, 3.05) is 20.1 Å². The van der Waals surface area contributed by atoms with Crippen LogP contribution in [0.1, 0.15) is 53.3 Å². The standard InChI is InChI=1S/C21H27N5O2/c1-4-18-17(16-7-5-6-8-19(16)28-18)13-25(3)21(27)20-14(2)26(24-23-20)15-9-11-22-12-10-15/h5-8,15,22H,4,9-13H2,1-3H3. The number of amides is 1. The van der Waals surface area contributed by atoms with Crippen LogP contribution in [0.15, 0.2) is 28.7 Å². The molecule has 2 aromatic heterocycles. The highest BCUT2D eigenvalue weighted by Crippen LogP contribution is 2.28. The third-order valence-corrected chi connectivity index (χ3v) is 5.63. The van der Waals surface area contributed by atoms with E-state index >= 15 is 0 Å². The van der Waals surface area contributed by atoms with E-state index in [0.29, 0.717) is 18.3 Å². The molecule has 0 aliphatic carbocycles. The number of hydrogen-bond donors (Lipinski definition) is 1. The fourth-order valence-electron chi connectivity index (χ4n) is 4.03. The van der Waals surface area contributed by atoms with Crippen molar-refractivity contribution >= 4 is 16.9 Å². The van der Waals surface area contributed by atoms with Crippen LogP contribution in [0.25, 0.3) is 11.0 Å². The molecule has 148 valence electrons. The third-order valence-electron chi connectivity index (χ3n) is 5.63. The van der Waals surface area contributed by atoms with Crippen LogP contribution in [0.4, 0.5) is 0 Å². The molecule has 0 atom stereocenters. The number of aryl methyl sites for hydroxylation is 1. The van der Waals surface area contributed by atoms with E-state index in [0.717, 1.165) is 60.3 Å². The summed E-state index contributed by atoms with van der Waals surface area (Å²) in [5.74, 6) is 0.820. The third kappa shape index (κ3) is 3.30. The molecule has 1 saturated heterocycles. The molecular weight excluding hydrogens is 354 g/mol. The van der Waals surface area contributed by atoms with Gasteiger partial charge in [0.1, 0.15) is 11.3 Å². The Morgan fingerprint density at radius 1 is 1.32 bits per heavy atom. The van der Waals surface area contributed by atoms with Gasteiger partial charge in [0.2, 0.25) is 0 Å². The van der Waals surface area contributed by atoms with Gasteiger partial charge in [0.05, 0.1) is 11.7 Å². The van der Waals surface area contributed by atoms with Crippen molar-refractivity contribution in [3.8, 4) is 0 Å². The lowest BCUT2D eigenvalue weighted by Crippen LogP contribution is -2.31. The fourth-order valence-corrected chi connectivity index (χ4v) is 4.03. The molecule has 3 heterocycles. The number of carbonyl (C=O) groups is 1. The maximum atomic E-state index is 13.1. The lowest BCUT2D eigenvalue weighted by Gasteiger charge is -2.23. The zero-order valence-electron chi connectivity index (χ0n) is 16.7. The summed E-state index contributed by atoms with van der Waals surface area (Å²) in [6.07, 6.45) is 2.81. The number of para-hydroxylation sites is 1. The maximum absolute atomic E-state index is 13.1. The van der Waals surface area contributed by atoms with Crippen LogP contribution in [0.2, 0.25) is 0 Å². The van der Waals surface area contributed by atoms with Crippen molar-refractivity contribution in [1.29, 1.82) is 0 Å². The Hall–Kier alpha value is -2.67. The van der Waals surface area contributed by atoms with Gasteiger partial charge in [-0.2, -0.15) is 0 Å². The van der Waals surface area contributed by atoms with Crippen molar-refractivity contribution in [1.82, 2.24) is 25.2 Å². The van der Waals surface area contributed by atoms with Gasteiger partial charge in [0, 0.05) is 31.0 Å². The number of carbonyl (C=O) groups excluding carboxylic acids is 1. The average molecular weight is 381 g/mol. The number of rotatable bonds is 5. The quantitative estimate of drug-likeness (QED) is 0.735. The molecule has 0 unspecified atom stereocenters. The molecule has 0 radical (unpaired) electrons. The molecule has 3 aromatic rings. The van der Waals surface area contributed by atoms with E-state index in [9.17, 15) is 4.79 Å². The second-order valence-electron chi connectivity index (χ2n) is 7.46. The summed E-state index contributed by atoms with van der Waals surface area (Å²) in [5, 5.41) is 12.9. The molecule has 1 amide bonds. The van der Waals surface area contributed by atoms with Gasteiger partial charge in [0.15, 0.2) is 5.69 Å². The largest absolute Gasteiger partial charge is 0.461 e. The summed E-state index contributed by atoms with van der Waals surface area (Å²) >= 11 is 0. The summed E-state index contributed by atoms with van der Waals surface area (Å²) < 4.78 is 7.89. The number of aromatic nitrogens is 3. The van der Waals surface area contributed by atoms with Gasteiger partial charge in [-0.05, 0) is 38.9 Å². The van der Waals surface area contributed by atoms with Gasteiger partial charge < -0.3 is 14.6 Å². The first-order valence-electron chi connectivity index (χ1n) is 9.97. The summed E-state index contributed by atoms with van der Waals surface area (Å²) in [6.45, 7) is 6.44. The predicted molar refractivity (Wildman–Crippen MR) is 107 cm³/mol. The zero-order chi connectivity index (χ0) is 19.7. The van der Waals surface area contributed by atoms with Gasteiger partial charge >= 0.3 is 0 Å². The Bertz CT molecular complexity index is 984. The van der Waals surface area contributed by atoms with Crippen LogP contribution in [0.5, 0.6) is 0 Å². The topological polar surface area (TPSA) is 76.2 Å². The van der Waals surface area contributed by atoms with Gasteiger partial charge in [-0.1, -0.05) is 30.3 Å². The van der Waals surface area contributed by atoms with Crippen molar-refractivity contribution < 1.29 is 9.21 Å². The van der Waals surface area contributed by atoms with Crippen LogP contribution in [-0.2, 0) is 13.0 Å². The fraction of sp³-hybridized carbons (Fsp3) is 0.476. The SMILES string of the molecule is CCc1oc2ccccc2c1CN(C)C(=O)c1nnn(C2CCNCC2)c1C. The molecule has 1 aliphatic heterocycles. The molecule has 7 nitrogen and oxygen atoms in total. The Morgan fingerprint density at radius 2 is 2.07 bits per heavy atom. The van der Waals surface area contributed by atoms with Crippen LogP contribution in [0, 0.1) is 6.92 Å². The predicted octanol–water partition coefficient (Wildman–Crippen LogP) is 3.09. The molecular formula is C21H27N5O2. The molecule has 4 rings (SSSR count). The number of nitrogens with zero attached hydrogens (tertiary/aromatic N) is 4. The number of hydrogen-bond acceptors (Lipinski definition) is 5. The van der Waals surface area contributed by atoms with Crippen LogP contribution in [0.3, 0.4) is 0 Å². The maximum Gasteiger partial charge on any atom is 0.276 e.